The molecular formula is C16H20N2O3S. The van der Waals surface area contributed by atoms with E-state index in [-0.39, 0.29) is 30.7 Å². The lowest BCUT2D eigenvalue weighted by Crippen LogP contribution is -2.38. The van der Waals surface area contributed by atoms with E-state index in [2.05, 4.69) is 5.32 Å². The van der Waals surface area contributed by atoms with Crippen LogP contribution in [0.5, 0.6) is 0 Å². The van der Waals surface area contributed by atoms with Crippen LogP contribution in [-0.4, -0.2) is 40.7 Å². The van der Waals surface area contributed by atoms with Crippen molar-refractivity contribution in [2.45, 2.75) is 32.4 Å². The lowest BCUT2D eigenvalue weighted by molar-refractivity contribution is -0.135. The van der Waals surface area contributed by atoms with Gasteiger partial charge in [0.15, 0.2) is 0 Å². The first-order valence-electron chi connectivity index (χ1n) is 7.25. The van der Waals surface area contributed by atoms with E-state index in [1.165, 1.54) is 5.56 Å². The van der Waals surface area contributed by atoms with Gasteiger partial charge in [0.1, 0.15) is 6.29 Å². The summed E-state index contributed by atoms with van der Waals surface area (Å²) in [4.78, 5) is 36.2. The highest BCUT2D eigenvalue weighted by Crippen LogP contribution is 2.20. The lowest BCUT2D eigenvalue weighted by Gasteiger charge is -2.19. The van der Waals surface area contributed by atoms with Crippen LogP contribution in [-0.2, 0) is 20.9 Å². The van der Waals surface area contributed by atoms with E-state index in [0.29, 0.717) is 18.2 Å². The van der Waals surface area contributed by atoms with Gasteiger partial charge >= 0.3 is 0 Å². The number of carbonyl (C=O) groups is 3. The molecule has 118 valence electrons. The molecule has 0 aromatic heterocycles. The van der Waals surface area contributed by atoms with Crippen molar-refractivity contribution in [2.75, 3.05) is 11.6 Å². The first kappa shape index (κ1) is 16.5. The van der Waals surface area contributed by atoms with Crippen molar-refractivity contribution in [1.29, 1.82) is 0 Å². The fraction of sp³-hybridized carbons (Fsp3) is 0.438. The molecule has 2 rings (SSSR count). The van der Waals surface area contributed by atoms with Crippen LogP contribution in [0.25, 0.3) is 0 Å². The van der Waals surface area contributed by atoms with E-state index in [1.807, 2.05) is 31.2 Å². The minimum absolute atomic E-state index is 0.132. The summed E-state index contributed by atoms with van der Waals surface area (Å²) in [5, 5.41) is 2.81. The number of thioether (sulfide) groups is 1. The Bertz CT molecular complexity index is 545. The maximum absolute atomic E-state index is 12.0. The molecule has 1 N–H and O–H groups in total. The van der Waals surface area contributed by atoms with Crippen LogP contribution >= 0.6 is 11.8 Å². The average molecular weight is 320 g/mol. The van der Waals surface area contributed by atoms with Gasteiger partial charge in [-0.25, -0.2) is 0 Å². The number of hydrogen-bond acceptors (Lipinski definition) is 4. The van der Waals surface area contributed by atoms with Crippen molar-refractivity contribution in [3.63, 3.8) is 0 Å². The van der Waals surface area contributed by atoms with Crippen LogP contribution in [0.4, 0.5) is 0 Å². The average Bonchev–Trinajstić information content (AvgIpc) is 3.00. The molecule has 0 spiro atoms. The van der Waals surface area contributed by atoms with Crippen molar-refractivity contribution in [3.05, 3.63) is 35.4 Å². The van der Waals surface area contributed by atoms with Gasteiger partial charge in [-0.2, -0.15) is 0 Å². The van der Waals surface area contributed by atoms with Crippen LogP contribution < -0.4 is 5.32 Å². The number of benzene rings is 1. The molecule has 1 heterocycles. The molecule has 6 heteroatoms. The molecule has 1 aliphatic heterocycles. The van der Waals surface area contributed by atoms with Gasteiger partial charge in [-0.15, -0.1) is 11.8 Å². The number of aryl methyl sites for hydroxylation is 1. The van der Waals surface area contributed by atoms with E-state index in [1.54, 1.807) is 16.7 Å². The summed E-state index contributed by atoms with van der Waals surface area (Å²) in [5.41, 5.74) is 2.20. The number of carbonyl (C=O) groups excluding carboxylic acids is 3. The molecule has 0 saturated carbocycles. The van der Waals surface area contributed by atoms with Gasteiger partial charge in [-0.1, -0.05) is 29.8 Å². The van der Waals surface area contributed by atoms with E-state index in [4.69, 9.17) is 0 Å². The second-order valence-electron chi connectivity index (χ2n) is 5.33. The SMILES string of the molecule is Cc1ccc(CNC(=O)CCC(=O)N2CSC[C@H]2C=O)cc1. The van der Waals surface area contributed by atoms with E-state index >= 15 is 0 Å². The van der Waals surface area contributed by atoms with E-state index < -0.39 is 0 Å². The van der Waals surface area contributed by atoms with Crippen LogP contribution in [0.15, 0.2) is 24.3 Å². The van der Waals surface area contributed by atoms with Crippen LogP contribution in [0.3, 0.4) is 0 Å². The molecule has 1 aromatic carbocycles. The largest absolute Gasteiger partial charge is 0.352 e. The predicted octanol–water partition coefficient (Wildman–Crippen LogP) is 1.49. The first-order chi connectivity index (χ1) is 10.6. The monoisotopic (exact) mass is 320 g/mol. The van der Waals surface area contributed by atoms with E-state index in [0.717, 1.165) is 11.8 Å². The molecule has 0 unspecified atom stereocenters. The molecule has 0 radical (unpaired) electrons. The van der Waals surface area contributed by atoms with Crippen LogP contribution in [0.2, 0.25) is 0 Å². The predicted molar refractivity (Wildman–Crippen MR) is 86.3 cm³/mol. The molecule has 1 aliphatic rings. The molecule has 22 heavy (non-hydrogen) atoms. The summed E-state index contributed by atoms with van der Waals surface area (Å²) in [6, 6.07) is 7.59. The number of nitrogens with zero attached hydrogens (tertiary/aromatic N) is 1. The van der Waals surface area contributed by atoms with Crippen LogP contribution in [0.1, 0.15) is 24.0 Å². The Kier molecular flexibility index (Phi) is 6.00. The fourth-order valence-corrected chi connectivity index (χ4v) is 3.32. The Balaban J connectivity index is 1.72. The Labute approximate surface area is 134 Å². The second kappa shape index (κ2) is 7.98. The zero-order chi connectivity index (χ0) is 15.9. The van der Waals surface area contributed by atoms with Gasteiger partial charge in [-0.05, 0) is 12.5 Å². The topological polar surface area (TPSA) is 66.5 Å². The molecule has 0 aliphatic carbocycles. The van der Waals surface area contributed by atoms with Crippen molar-refractivity contribution in [3.8, 4) is 0 Å². The molecule has 1 fully saturated rings. The zero-order valence-electron chi connectivity index (χ0n) is 12.6. The number of hydrogen-bond donors (Lipinski definition) is 1. The number of nitrogens with one attached hydrogen (secondary N) is 1. The maximum Gasteiger partial charge on any atom is 0.224 e. The molecular weight excluding hydrogens is 300 g/mol. The van der Waals surface area contributed by atoms with Gasteiger partial charge in [0, 0.05) is 25.1 Å². The third-order valence-corrected chi connectivity index (χ3v) is 4.61. The van der Waals surface area contributed by atoms with Crippen molar-refractivity contribution >= 4 is 29.9 Å². The summed E-state index contributed by atoms with van der Waals surface area (Å²) in [7, 11) is 0. The molecule has 1 aromatic rings. The number of amides is 2. The van der Waals surface area contributed by atoms with E-state index in [9.17, 15) is 14.4 Å². The highest BCUT2D eigenvalue weighted by molar-refractivity contribution is 7.99. The van der Waals surface area contributed by atoms with Crippen LogP contribution in [0, 0.1) is 6.92 Å². The van der Waals surface area contributed by atoms with Crippen molar-refractivity contribution < 1.29 is 14.4 Å². The Hall–Kier alpha value is -1.82. The minimum atomic E-state index is -0.340. The highest BCUT2D eigenvalue weighted by atomic mass is 32.2. The zero-order valence-corrected chi connectivity index (χ0v) is 13.4. The molecule has 2 amide bonds. The summed E-state index contributed by atoms with van der Waals surface area (Å²) >= 11 is 1.56. The minimum Gasteiger partial charge on any atom is -0.352 e. The van der Waals surface area contributed by atoms with Gasteiger partial charge in [0.2, 0.25) is 11.8 Å². The molecule has 0 bridgehead atoms. The summed E-state index contributed by atoms with van der Waals surface area (Å²) < 4.78 is 0. The Morgan fingerprint density at radius 2 is 2.05 bits per heavy atom. The van der Waals surface area contributed by atoms with Crippen molar-refractivity contribution in [1.82, 2.24) is 10.2 Å². The second-order valence-corrected chi connectivity index (χ2v) is 6.33. The third-order valence-electron chi connectivity index (χ3n) is 3.57. The molecule has 1 atom stereocenters. The first-order valence-corrected chi connectivity index (χ1v) is 8.40. The summed E-state index contributed by atoms with van der Waals surface area (Å²) in [6.07, 6.45) is 1.09. The quantitative estimate of drug-likeness (QED) is 0.807. The van der Waals surface area contributed by atoms with Crippen molar-refractivity contribution in [2.24, 2.45) is 0 Å². The standard InChI is InChI=1S/C16H20N2O3S/c1-12-2-4-13(5-3-12)8-17-15(20)6-7-16(21)18-11-22-10-14(18)9-19/h2-5,9,14H,6-8,10-11H2,1H3,(H,17,20)/t14-/m1/s1. The maximum atomic E-state index is 12.0. The lowest BCUT2D eigenvalue weighted by atomic mass is 10.1. The normalized spacial score (nSPS) is 17.3. The third kappa shape index (κ3) is 4.59. The van der Waals surface area contributed by atoms with Gasteiger partial charge < -0.3 is 15.0 Å². The Morgan fingerprint density at radius 1 is 1.32 bits per heavy atom. The number of rotatable bonds is 6. The number of aldehydes is 1. The highest BCUT2D eigenvalue weighted by Gasteiger charge is 2.28. The fourth-order valence-electron chi connectivity index (χ4n) is 2.19. The van der Waals surface area contributed by atoms with Gasteiger partial charge in [-0.3, -0.25) is 9.59 Å². The van der Waals surface area contributed by atoms with Gasteiger partial charge in [0.05, 0.1) is 11.9 Å². The Morgan fingerprint density at radius 3 is 2.73 bits per heavy atom. The molecule has 5 nitrogen and oxygen atoms in total. The summed E-state index contributed by atoms with van der Waals surface area (Å²) in [6.45, 7) is 2.47. The molecule has 1 saturated heterocycles. The van der Waals surface area contributed by atoms with Gasteiger partial charge in [0.25, 0.3) is 0 Å². The smallest absolute Gasteiger partial charge is 0.224 e. The summed E-state index contributed by atoms with van der Waals surface area (Å²) in [5.74, 6) is 0.901.